The normalized spacial score (nSPS) is 19.2. The Morgan fingerprint density at radius 3 is 2.52 bits per heavy atom. The fourth-order valence-corrected chi connectivity index (χ4v) is 3.36. The minimum atomic E-state index is 0. The Morgan fingerprint density at radius 1 is 1.17 bits per heavy atom. The first kappa shape index (κ1) is 25.8. The average Bonchev–Trinajstić information content (AvgIpc) is 2.69. The van der Waals surface area contributed by atoms with Crippen LogP contribution >= 0.6 is 24.0 Å². The first-order valence-corrected chi connectivity index (χ1v) is 10.2. The van der Waals surface area contributed by atoms with Gasteiger partial charge in [-0.2, -0.15) is 0 Å². The molecule has 1 aromatic rings. The van der Waals surface area contributed by atoms with E-state index in [9.17, 15) is 0 Å². The van der Waals surface area contributed by atoms with Gasteiger partial charge in [0.1, 0.15) is 0 Å². The second-order valence-electron chi connectivity index (χ2n) is 7.29. The van der Waals surface area contributed by atoms with Crippen molar-refractivity contribution in [1.29, 1.82) is 0 Å². The first-order valence-electron chi connectivity index (χ1n) is 10.2. The average molecular weight is 519 g/mol. The highest BCUT2D eigenvalue weighted by atomic mass is 127. The van der Waals surface area contributed by atoms with Crippen molar-refractivity contribution in [2.45, 2.75) is 32.9 Å². The molecular weight excluding hydrogens is 481 g/mol. The molecule has 8 heteroatoms. The van der Waals surface area contributed by atoms with Gasteiger partial charge in [0.2, 0.25) is 0 Å². The Morgan fingerprint density at radius 2 is 1.86 bits per heavy atom. The molecule has 1 aliphatic rings. The maximum absolute atomic E-state index is 5.75. The number of halogens is 1. The number of piperazine rings is 1. The molecule has 2 rings (SSSR count). The maximum atomic E-state index is 5.75. The minimum absolute atomic E-state index is 0. The Kier molecular flexibility index (Phi) is 11.7. The minimum Gasteiger partial charge on any atom is -0.490 e. The number of hydrogen-bond donors (Lipinski definition) is 2. The van der Waals surface area contributed by atoms with Crippen molar-refractivity contribution in [3.05, 3.63) is 23.8 Å². The number of benzene rings is 1. The molecule has 1 heterocycles. The summed E-state index contributed by atoms with van der Waals surface area (Å²) in [6.45, 7) is 11.5. The molecular formula is C21H38IN5O2. The summed E-state index contributed by atoms with van der Waals surface area (Å²) in [7, 11) is 6.17. The lowest BCUT2D eigenvalue weighted by Gasteiger charge is -2.38. The molecule has 2 unspecified atom stereocenters. The molecule has 1 saturated heterocycles. The van der Waals surface area contributed by atoms with Gasteiger partial charge < -0.3 is 25.0 Å². The van der Waals surface area contributed by atoms with E-state index < -0.39 is 0 Å². The predicted octanol–water partition coefficient (Wildman–Crippen LogP) is 2.57. The number of rotatable bonds is 8. The lowest BCUT2D eigenvalue weighted by atomic mass is 10.1. The Balaban J connectivity index is 0.00000420. The van der Waals surface area contributed by atoms with Crippen LogP contribution in [0.2, 0.25) is 0 Å². The molecule has 0 saturated carbocycles. The summed E-state index contributed by atoms with van der Waals surface area (Å²) in [4.78, 5) is 9.18. The number of guanidine groups is 1. The number of likely N-dealkylation sites (N-methyl/N-ethyl adjacent to an activating group) is 2. The summed E-state index contributed by atoms with van der Waals surface area (Å²) in [6.07, 6.45) is 0. The summed E-state index contributed by atoms with van der Waals surface area (Å²) in [5.41, 5.74) is 1.13. The third-order valence-electron chi connectivity index (χ3n) is 5.13. The SMILES string of the molecule is CCOc1ccc(C(C)NC(=NC)NCC2CN(C)CCN2C)cc1OCC.I. The van der Waals surface area contributed by atoms with Crippen molar-refractivity contribution in [1.82, 2.24) is 20.4 Å². The van der Waals surface area contributed by atoms with E-state index in [1.165, 1.54) is 0 Å². The third kappa shape index (κ3) is 7.82. The Bertz CT molecular complexity index is 643. The van der Waals surface area contributed by atoms with Crippen molar-refractivity contribution in [2.24, 2.45) is 4.99 Å². The van der Waals surface area contributed by atoms with Crippen LogP contribution in [0.15, 0.2) is 23.2 Å². The number of ether oxygens (including phenoxy) is 2. The van der Waals surface area contributed by atoms with Crippen molar-refractivity contribution < 1.29 is 9.47 Å². The van der Waals surface area contributed by atoms with Gasteiger partial charge >= 0.3 is 0 Å². The molecule has 29 heavy (non-hydrogen) atoms. The second kappa shape index (κ2) is 13.1. The zero-order chi connectivity index (χ0) is 20.5. The molecule has 166 valence electrons. The summed E-state index contributed by atoms with van der Waals surface area (Å²) >= 11 is 0. The van der Waals surface area contributed by atoms with Crippen molar-refractivity contribution in [3.8, 4) is 11.5 Å². The number of nitrogens with one attached hydrogen (secondary N) is 2. The van der Waals surface area contributed by atoms with Gasteiger partial charge in [0, 0.05) is 39.3 Å². The second-order valence-corrected chi connectivity index (χ2v) is 7.29. The monoisotopic (exact) mass is 519 g/mol. The lowest BCUT2D eigenvalue weighted by molar-refractivity contribution is 0.116. The van der Waals surface area contributed by atoms with E-state index in [0.29, 0.717) is 19.3 Å². The van der Waals surface area contributed by atoms with Gasteiger partial charge in [0.05, 0.1) is 19.3 Å². The van der Waals surface area contributed by atoms with Crippen LogP contribution in [0.3, 0.4) is 0 Å². The molecule has 0 aliphatic carbocycles. The smallest absolute Gasteiger partial charge is 0.191 e. The molecule has 1 aliphatic heterocycles. The molecule has 0 radical (unpaired) electrons. The zero-order valence-corrected chi connectivity index (χ0v) is 21.0. The van der Waals surface area contributed by atoms with E-state index >= 15 is 0 Å². The van der Waals surface area contributed by atoms with E-state index in [-0.39, 0.29) is 30.0 Å². The van der Waals surface area contributed by atoms with Gasteiger partial charge in [-0.25, -0.2) is 0 Å². The molecule has 0 bridgehead atoms. The molecule has 2 atom stereocenters. The number of nitrogens with zero attached hydrogens (tertiary/aromatic N) is 3. The fraction of sp³-hybridized carbons (Fsp3) is 0.667. The fourth-order valence-electron chi connectivity index (χ4n) is 3.36. The molecule has 0 aromatic heterocycles. The van der Waals surface area contributed by atoms with Crippen LogP contribution in [0.1, 0.15) is 32.4 Å². The van der Waals surface area contributed by atoms with Gasteiger partial charge in [-0.05, 0) is 52.6 Å². The van der Waals surface area contributed by atoms with Gasteiger partial charge in [0.25, 0.3) is 0 Å². The lowest BCUT2D eigenvalue weighted by Crippen LogP contribution is -2.55. The summed E-state index contributed by atoms with van der Waals surface area (Å²) < 4.78 is 11.4. The third-order valence-corrected chi connectivity index (χ3v) is 5.13. The van der Waals surface area contributed by atoms with E-state index in [1.807, 2.05) is 33.0 Å². The van der Waals surface area contributed by atoms with Crippen LogP contribution in [0.5, 0.6) is 11.5 Å². The van der Waals surface area contributed by atoms with E-state index in [2.05, 4.69) is 52.5 Å². The highest BCUT2D eigenvalue weighted by molar-refractivity contribution is 14.0. The molecule has 1 fully saturated rings. The predicted molar refractivity (Wildman–Crippen MR) is 131 cm³/mol. The quantitative estimate of drug-likeness (QED) is 0.313. The number of aliphatic imine (C=N–C) groups is 1. The first-order chi connectivity index (χ1) is 13.5. The highest BCUT2D eigenvalue weighted by Gasteiger charge is 2.22. The summed E-state index contributed by atoms with van der Waals surface area (Å²) in [5, 5.41) is 6.96. The molecule has 1 aromatic carbocycles. The van der Waals surface area contributed by atoms with Gasteiger partial charge in [0.15, 0.2) is 17.5 Å². The van der Waals surface area contributed by atoms with E-state index in [1.54, 1.807) is 0 Å². The largest absolute Gasteiger partial charge is 0.490 e. The Labute approximate surface area is 193 Å². The summed E-state index contributed by atoms with van der Waals surface area (Å²) in [5.74, 6) is 2.37. The van der Waals surface area contributed by atoms with Gasteiger partial charge in [-0.1, -0.05) is 6.07 Å². The van der Waals surface area contributed by atoms with Crippen LogP contribution < -0.4 is 20.1 Å². The van der Waals surface area contributed by atoms with Crippen molar-refractivity contribution in [2.75, 3.05) is 60.5 Å². The maximum Gasteiger partial charge on any atom is 0.191 e. The molecule has 7 nitrogen and oxygen atoms in total. The van der Waals surface area contributed by atoms with Crippen molar-refractivity contribution in [3.63, 3.8) is 0 Å². The van der Waals surface area contributed by atoms with Crippen LogP contribution in [-0.2, 0) is 0 Å². The van der Waals surface area contributed by atoms with E-state index in [0.717, 1.165) is 49.2 Å². The van der Waals surface area contributed by atoms with Gasteiger partial charge in [-0.15, -0.1) is 24.0 Å². The summed E-state index contributed by atoms with van der Waals surface area (Å²) in [6, 6.07) is 6.66. The van der Waals surface area contributed by atoms with Crippen LogP contribution in [-0.4, -0.2) is 82.3 Å². The molecule has 0 spiro atoms. The Hall–Kier alpha value is -1.26. The van der Waals surface area contributed by atoms with Crippen LogP contribution in [0.25, 0.3) is 0 Å². The topological polar surface area (TPSA) is 61.4 Å². The molecule has 0 amide bonds. The zero-order valence-electron chi connectivity index (χ0n) is 18.7. The highest BCUT2D eigenvalue weighted by Crippen LogP contribution is 2.30. The van der Waals surface area contributed by atoms with Gasteiger partial charge in [-0.3, -0.25) is 9.89 Å². The van der Waals surface area contributed by atoms with Crippen molar-refractivity contribution >= 4 is 29.9 Å². The standard InChI is InChI=1S/C21H37N5O2.HI/c1-7-27-19-10-9-17(13-20(19)28-8-2)16(3)24-21(22-4)23-14-18-15-25(5)11-12-26(18)6;/h9-10,13,16,18H,7-8,11-12,14-15H2,1-6H3,(H2,22,23,24);1H. The number of hydrogen-bond acceptors (Lipinski definition) is 5. The molecule has 2 N–H and O–H groups in total. The van der Waals surface area contributed by atoms with Crippen LogP contribution in [0.4, 0.5) is 0 Å². The van der Waals surface area contributed by atoms with Crippen LogP contribution in [0, 0.1) is 0 Å². The van der Waals surface area contributed by atoms with E-state index in [4.69, 9.17) is 9.47 Å².